The van der Waals surface area contributed by atoms with Crippen molar-refractivity contribution >= 4 is 11.9 Å². The molecule has 1 aromatic rings. The molecule has 130 valence electrons. The monoisotopic (exact) mass is 341 g/mol. The molecule has 0 bridgehead atoms. The van der Waals surface area contributed by atoms with Gasteiger partial charge in [-0.15, -0.1) is 0 Å². The highest BCUT2D eigenvalue weighted by molar-refractivity contribution is 6.07. The van der Waals surface area contributed by atoms with Gasteiger partial charge < -0.3 is 9.64 Å². The van der Waals surface area contributed by atoms with Crippen LogP contribution in [0.25, 0.3) is 0 Å². The van der Waals surface area contributed by atoms with Gasteiger partial charge in [0.25, 0.3) is 0 Å². The Morgan fingerprint density at radius 2 is 1.75 bits per heavy atom. The molecule has 1 aliphatic heterocycles. The zero-order valence-corrected chi connectivity index (χ0v) is 13.2. The Labute approximate surface area is 137 Å². The first kappa shape index (κ1) is 16.8. The molecule has 2 fully saturated rings. The third-order valence-corrected chi connectivity index (χ3v) is 4.93. The molecule has 0 spiro atoms. The van der Waals surface area contributed by atoms with E-state index in [1.54, 1.807) is 4.90 Å². The van der Waals surface area contributed by atoms with E-state index in [0.717, 1.165) is 25.0 Å². The zero-order valence-electron chi connectivity index (χ0n) is 13.2. The molecule has 2 aliphatic rings. The molecule has 1 heterocycles. The summed E-state index contributed by atoms with van der Waals surface area (Å²) in [7, 11) is 1.23. The Morgan fingerprint density at radius 3 is 2.25 bits per heavy atom. The SMILES string of the molecule is COC(=O)[C@]1(C(=O)N2CCCC2)C[C@@H]1c1ccc(C(F)(F)F)cc1. The molecule has 0 radical (unpaired) electrons. The summed E-state index contributed by atoms with van der Waals surface area (Å²) in [6, 6.07) is 4.65. The number of hydrogen-bond donors (Lipinski definition) is 0. The smallest absolute Gasteiger partial charge is 0.416 e. The molecule has 7 heteroatoms. The van der Waals surface area contributed by atoms with Crippen molar-refractivity contribution in [3.05, 3.63) is 35.4 Å². The number of carbonyl (C=O) groups is 2. The van der Waals surface area contributed by atoms with Crippen LogP contribution in [-0.2, 0) is 20.5 Å². The number of nitrogens with zero attached hydrogens (tertiary/aromatic N) is 1. The second-order valence-electron chi connectivity index (χ2n) is 6.34. The number of benzene rings is 1. The normalized spacial score (nSPS) is 26.3. The molecule has 24 heavy (non-hydrogen) atoms. The maximum absolute atomic E-state index is 12.8. The van der Waals surface area contributed by atoms with E-state index < -0.39 is 29.0 Å². The third-order valence-electron chi connectivity index (χ3n) is 4.93. The van der Waals surface area contributed by atoms with Crippen molar-refractivity contribution in [2.45, 2.75) is 31.4 Å². The lowest BCUT2D eigenvalue weighted by atomic mass is 9.96. The Kier molecular flexibility index (Phi) is 4.05. The van der Waals surface area contributed by atoms with Crippen LogP contribution in [0.2, 0.25) is 0 Å². The van der Waals surface area contributed by atoms with E-state index >= 15 is 0 Å². The number of ether oxygens (including phenoxy) is 1. The van der Waals surface area contributed by atoms with Crippen molar-refractivity contribution in [2.24, 2.45) is 5.41 Å². The number of esters is 1. The largest absolute Gasteiger partial charge is 0.468 e. The van der Waals surface area contributed by atoms with E-state index in [2.05, 4.69) is 0 Å². The van der Waals surface area contributed by atoms with Gasteiger partial charge in [0.05, 0.1) is 12.7 Å². The lowest BCUT2D eigenvalue weighted by Gasteiger charge is -2.22. The summed E-state index contributed by atoms with van der Waals surface area (Å²) in [5.41, 5.74) is -1.47. The molecule has 0 aromatic heterocycles. The molecule has 0 unspecified atom stereocenters. The van der Waals surface area contributed by atoms with Gasteiger partial charge in [-0.2, -0.15) is 13.2 Å². The van der Waals surface area contributed by atoms with Crippen molar-refractivity contribution in [2.75, 3.05) is 20.2 Å². The highest BCUT2D eigenvalue weighted by atomic mass is 19.4. The Morgan fingerprint density at radius 1 is 1.17 bits per heavy atom. The van der Waals surface area contributed by atoms with Crippen molar-refractivity contribution in [1.82, 2.24) is 4.90 Å². The topological polar surface area (TPSA) is 46.6 Å². The minimum atomic E-state index is -4.41. The van der Waals surface area contributed by atoms with Gasteiger partial charge in [0, 0.05) is 19.0 Å². The Hall–Kier alpha value is -2.05. The van der Waals surface area contributed by atoms with Gasteiger partial charge in [0.1, 0.15) is 0 Å². The van der Waals surface area contributed by atoms with Crippen LogP contribution >= 0.6 is 0 Å². The van der Waals surface area contributed by atoms with Crippen LogP contribution in [0.15, 0.2) is 24.3 Å². The number of carbonyl (C=O) groups excluding carboxylic acids is 2. The number of hydrogen-bond acceptors (Lipinski definition) is 3. The molecular formula is C17H18F3NO3. The molecule has 0 N–H and O–H groups in total. The van der Waals surface area contributed by atoms with Crippen molar-refractivity contribution in [3.8, 4) is 0 Å². The summed E-state index contributed by atoms with van der Waals surface area (Å²) in [6.45, 7) is 1.22. The molecule has 1 saturated heterocycles. The van der Waals surface area contributed by atoms with Gasteiger partial charge in [-0.05, 0) is 37.0 Å². The highest BCUT2D eigenvalue weighted by Crippen LogP contribution is 2.61. The first-order valence-electron chi connectivity index (χ1n) is 7.85. The fourth-order valence-electron chi connectivity index (χ4n) is 3.50. The fourth-order valence-corrected chi connectivity index (χ4v) is 3.50. The van der Waals surface area contributed by atoms with Crippen LogP contribution in [0.4, 0.5) is 13.2 Å². The van der Waals surface area contributed by atoms with E-state index in [4.69, 9.17) is 4.74 Å². The number of halogens is 3. The number of likely N-dealkylation sites (tertiary alicyclic amines) is 1. The predicted octanol–water partition coefficient (Wildman–Crippen LogP) is 2.97. The molecular weight excluding hydrogens is 323 g/mol. The highest BCUT2D eigenvalue weighted by Gasteiger charge is 2.68. The summed E-state index contributed by atoms with van der Waals surface area (Å²) in [5.74, 6) is -1.30. The first-order valence-corrected chi connectivity index (χ1v) is 7.85. The van der Waals surface area contributed by atoms with Crippen LogP contribution in [0.1, 0.15) is 36.3 Å². The Balaban J connectivity index is 1.86. The Bertz CT molecular complexity index is 650. The molecule has 3 rings (SSSR count). The van der Waals surface area contributed by atoms with Crippen LogP contribution in [0.5, 0.6) is 0 Å². The lowest BCUT2D eigenvalue weighted by molar-refractivity contribution is -0.156. The van der Waals surface area contributed by atoms with Gasteiger partial charge in [0.15, 0.2) is 5.41 Å². The van der Waals surface area contributed by atoms with E-state index in [9.17, 15) is 22.8 Å². The summed E-state index contributed by atoms with van der Waals surface area (Å²) < 4.78 is 42.8. The number of alkyl halides is 3. The van der Waals surface area contributed by atoms with Crippen molar-refractivity contribution in [1.29, 1.82) is 0 Å². The summed E-state index contributed by atoms with van der Waals surface area (Å²) in [6.07, 6.45) is -2.34. The predicted molar refractivity (Wildman–Crippen MR) is 79.1 cm³/mol. The molecule has 2 atom stereocenters. The van der Waals surface area contributed by atoms with Gasteiger partial charge in [0.2, 0.25) is 5.91 Å². The van der Waals surface area contributed by atoms with Crippen LogP contribution < -0.4 is 0 Å². The van der Waals surface area contributed by atoms with E-state index in [-0.39, 0.29) is 12.3 Å². The molecule has 4 nitrogen and oxygen atoms in total. The number of amides is 1. The quantitative estimate of drug-likeness (QED) is 0.627. The van der Waals surface area contributed by atoms with Crippen LogP contribution in [0, 0.1) is 5.41 Å². The first-order chi connectivity index (χ1) is 11.3. The molecule has 1 saturated carbocycles. The van der Waals surface area contributed by atoms with Crippen molar-refractivity contribution in [3.63, 3.8) is 0 Å². The average Bonchev–Trinajstić information content (AvgIpc) is 3.08. The minimum Gasteiger partial charge on any atom is -0.468 e. The average molecular weight is 341 g/mol. The van der Waals surface area contributed by atoms with Crippen LogP contribution in [0.3, 0.4) is 0 Å². The van der Waals surface area contributed by atoms with Gasteiger partial charge in [-0.1, -0.05) is 12.1 Å². The third kappa shape index (κ3) is 2.65. The maximum Gasteiger partial charge on any atom is 0.416 e. The zero-order chi connectivity index (χ0) is 17.5. The van der Waals surface area contributed by atoms with E-state index in [1.807, 2.05) is 0 Å². The minimum absolute atomic E-state index is 0.267. The van der Waals surface area contributed by atoms with E-state index in [0.29, 0.717) is 18.7 Å². The number of methoxy groups -OCH3 is 1. The van der Waals surface area contributed by atoms with Gasteiger partial charge in [-0.25, -0.2) is 0 Å². The molecule has 1 aromatic carbocycles. The van der Waals surface area contributed by atoms with Gasteiger partial charge in [-0.3, -0.25) is 9.59 Å². The summed E-state index contributed by atoms with van der Waals surface area (Å²) >= 11 is 0. The van der Waals surface area contributed by atoms with Crippen LogP contribution in [-0.4, -0.2) is 37.0 Å². The molecule has 1 aliphatic carbocycles. The van der Waals surface area contributed by atoms with Crippen molar-refractivity contribution < 1.29 is 27.5 Å². The van der Waals surface area contributed by atoms with Gasteiger partial charge >= 0.3 is 12.1 Å². The molecule has 1 amide bonds. The standard InChI is InChI=1S/C17H18F3NO3/c1-24-15(23)16(14(22)21-8-2-3-9-21)10-13(16)11-4-6-12(7-5-11)17(18,19)20/h4-7,13H,2-3,8-10H2,1H3/t13-,16-/m1/s1. The summed E-state index contributed by atoms with van der Waals surface area (Å²) in [5, 5.41) is 0. The van der Waals surface area contributed by atoms with E-state index in [1.165, 1.54) is 19.2 Å². The number of rotatable bonds is 3. The lowest BCUT2D eigenvalue weighted by Crippen LogP contribution is -2.40. The maximum atomic E-state index is 12.8. The second kappa shape index (κ2) is 5.79. The fraction of sp³-hybridized carbons (Fsp3) is 0.529. The second-order valence-corrected chi connectivity index (χ2v) is 6.34. The summed E-state index contributed by atoms with van der Waals surface area (Å²) in [4.78, 5) is 26.7.